The third-order valence-corrected chi connectivity index (χ3v) is 4.54. The van der Waals surface area contributed by atoms with E-state index in [4.69, 9.17) is 9.47 Å². The van der Waals surface area contributed by atoms with Crippen molar-refractivity contribution in [3.63, 3.8) is 0 Å². The number of ether oxygens (including phenoxy) is 2. The van der Waals surface area contributed by atoms with Gasteiger partial charge in [-0.3, -0.25) is 0 Å². The van der Waals surface area contributed by atoms with Crippen LogP contribution < -0.4 is 15.4 Å². The predicted molar refractivity (Wildman–Crippen MR) is 117 cm³/mol. The highest BCUT2D eigenvalue weighted by Crippen LogP contribution is 2.19. The van der Waals surface area contributed by atoms with Gasteiger partial charge in [0.25, 0.3) is 0 Å². The van der Waals surface area contributed by atoms with Gasteiger partial charge >= 0.3 is 0 Å². The van der Waals surface area contributed by atoms with Crippen LogP contribution in [0.3, 0.4) is 0 Å². The van der Waals surface area contributed by atoms with E-state index in [-0.39, 0.29) is 0 Å². The first-order chi connectivity index (χ1) is 14.0. The summed E-state index contributed by atoms with van der Waals surface area (Å²) in [6.45, 7) is 6.82. The van der Waals surface area contributed by atoms with Gasteiger partial charge in [0, 0.05) is 19.8 Å². The molecule has 3 N–H and O–H groups in total. The number of rotatable bonds is 11. The summed E-state index contributed by atoms with van der Waals surface area (Å²) >= 11 is 0. The first-order valence-corrected chi connectivity index (χ1v) is 10.1. The summed E-state index contributed by atoms with van der Waals surface area (Å²) in [5, 5.41) is 17.4. The van der Waals surface area contributed by atoms with Crippen LogP contribution in [0.15, 0.2) is 59.6 Å². The standard InChI is InChI=1S/C23H33N3O3/c1-4-29-16-8-15-24-22(25-17-19-11-13-21(28-3)14-12-19)26-18-23(2,27)20-9-6-5-7-10-20/h5-7,9-14,27H,4,8,15-18H2,1-3H3,(H2,24,25,26). The molecule has 1 unspecified atom stereocenters. The molecule has 0 saturated heterocycles. The number of benzene rings is 2. The smallest absolute Gasteiger partial charge is 0.191 e. The normalized spacial score (nSPS) is 13.6. The third kappa shape index (κ3) is 8.13. The molecule has 0 heterocycles. The van der Waals surface area contributed by atoms with E-state index >= 15 is 0 Å². The number of aliphatic hydroxyl groups is 1. The number of nitrogens with zero attached hydrogens (tertiary/aromatic N) is 1. The Labute approximate surface area is 174 Å². The van der Waals surface area contributed by atoms with Crippen molar-refractivity contribution in [3.8, 4) is 5.75 Å². The molecule has 2 rings (SSSR count). The van der Waals surface area contributed by atoms with Gasteiger partial charge in [-0.2, -0.15) is 0 Å². The highest BCUT2D eigenvalue weighted by molar-refractivity contribution is 5.79. The predicted octanol–water partition coefficient (Wildman–Crippen LogP) is 3.06. The minimum absolute atomic E-state index is 0.344. The first-order valence-electron chi connectivity index (χ1n) is 10.1. The highest BCUT2D eigenvalue weighted by atomic mass is 16.5. The second-order valence-electron chi connectivity index (χ2n) is 6.98. The summed E-state index contributed by atoms with van der Waals surface area (Å²) in [7, 11) is 1.65. The Morgan fingerprint density at radius 2 is 1.79 bits per heavy atom. The van der Waals surface area contributed by atoms with Gasteiger partial charge in [-0.1, -0.05) is 42.5 Å². The zero-order chi connectivity index (χ0) is 21.0. The highest BCUT2D eigenvalue weighted by Gasteiger charge is 2.22. The van der Waals surface area contributed by atoms with Gasteiger partial charge in [0.15, 0.2) is 5.96 Å². The molecule has 0 aromatic heterocycles. The number of hydrogen-bond donors (Lipinski definition) is 3. The average molecular weight is 400 g/mol. The zero-order valence-electron chi connectivity index (χ0n) is 17.6. The Morgan fingerprint density at radius 3 is 2.45 bits per heavy atom. The molecule has 0 fully saturated rings. The van der Waals surface area contributed by atoms with Crippen LogP contribution in [0.25, 0.3) is 0 Å². The quantitative estimate of drug-likeness (QED) is 0.308. The molecule has 0 bridgehead atoms. The largest absolute Gasteiger partial charge is 0.497 e. The van der Waals surface area contributed by atoms with Crippen molar-refractivity contribution in [1.82, 2.24) is 10.6 Å². The van der Waals surface area contributed by atoms with E-state index < -0.39 is 5.60 Å². The lowest BCUT2D eigenvalue weighted by Crippen LogP contribution is -2.45. The molecule has 2 aromatic carbocycles. The third-order valence-electron chi connectivity index (χ3n) is 4.54. The zero-order valence-corrected chi connectivity index (χ0v) is 17.6. The molecule has 0 aliphatic rings. The minimum atomic E-state index is -1.00. The first kappa shape index (κ1) is 22.7. The Hall–Kier alpha value is -2.57. The molecular formula is C23H33N3O3. The Kier molecular flexibility index (Phi) is 9.47. The summed E-state index contributed by atoms with van der Waals surface area (Å²) in [5.41, 5.74) is 0.934. The van der Waals surface area contributed by atoms with Crippen LogP contribution >= 0.6 is 0 Å². The molecular weight excluding hydrogens is 366 g/mol. The van der Waals surface area contributed by atoms with Crippen molar-refractivity contribution in [2.75, 3.05) is 33.4 Å². The molecule has 29 heavy (non-hydrogen) atoms. The lowest BCUT2D eigenvalue weighted by atomic mass is 9.96. The van der Waals surface area contributed by atoms with Crippen LogP contribution in [0.2, 0.25) is 0 Å². The lowest BCUT2D eigenvalue weighted by Gasteiger charge is -2.25. The second kappa shape index (κ2) is 12.1. The van der Waals surface area contributed by atoms with Crippen molar-refractivity contribution in [2.45, 2.75) is 32.4 Å². The van der Waals surface area contributed by atoms with E-state index in [1.807, 2.05) is 61.5 Å². The summed E-state index contributed by atoms with van der Waals surface area (Å²) in [4.78, 5) is 4.67. The lowest BCUT2D eigenvalue weighted by molar-refractivity contribution is 0.0616. The fraction of sp³-hybridized carbons (Fsp3) is 0.435. The SMILES string of the molecule is CCOCCCNC(=NCc1ccc(OC)cc1)NCC(C)(O)c1ccccc1. The minimum Gasteiger partial charge on any atom is -0.497 e. The Bertz CT molecular complexity index is 731. The molecule has 0 radical (unpaired) electrons. The summed E-state index contributed by atoms with van der Waals surface area (Å²) in [5.74, 6) is 1.48. The van der Waals surface area contributed by atoms with Crippen LogP contribution in [-0.2, 0) is 16.9 Å². The maximum atomic E-state index is 10.8. The van der Waals surface area contributed by atoms with Crippen molar-refractivity contribution in [2.24, 2.45) is 4.99 Å². The van der Waals surface area contributed by atoms with E-state index in [0.29, 0.717) is 25.7 Å². The van der Waals surface area contributed by atoms with Gasteiger partial charge in [-0.25, -0.2) is 4.99 Å². The molecule has 2 aromatic rings. The van der Waals surface area contributed by atoms with Gasteiger partial charge in [0.05, 0.1) is 20.2 Å². The topological polar surface area (TPSA) is 75.1 Å². The van der Waals surface area contributed by atoms with Crippen LogP contribution in [0.1, 0.15) is 31.4 Å². The van der Waals surface area contributed by atoms with E-state index in [0.717, 1.165) is 36.4 Å². The molecule has 0 spiro atoms. The average Bonchev–Trinajstić information content (AvgIpc) is 2.76. The monoisotopic (exact) mass is 399 g/mol. The van der Waals surface area contributed by atoms with Gasteiger partial charge in [0.1, 0.15) is 11.4 Å². The van der Waals surface area contributed by atoms with Crippen molar-refractivity contribution in [3.05, 3.63) is 65.7 Å². The number of hydrogen-bond acceptors (Lipinski definition) is 4. The summed E-state index contributed by atoms with van der Waals surface area (Å²) in [6.07, 6.45) is 0.881. The van der Waals surface area contributed by atoms with Crippen molar-refractivity contribution < 1.29 is 14.6 Å². The number of methoxy groups -OCH3 is 1. The van der Waals surface area contributed by atoms with Gasteiger partial charge in [0.2, 0.25) is 0 Å². The second-order valence-corrected chi connectivity index (χ2v) is 6.98. The Morgan fingerprint density at radius 1 is 1.07 bits per heavy atom. The molecule has 1 atom stereocenters. The molecule has 0 saturated carbocycles. The number of guanidine groups is 1. The van der Waals surface area contributed by atoms with Gasteiger partial charge < -0.3 is 25.2 Å². The summed E-state index contributed by atoms with van der Waals surface area (Å²) < 4.78 is 10.6. The fourth-order valence-electron chi connectivity index (χ4n) is 2.76. The number of aliphatic imine (C=N–C) groups is 1. The Balaban J connectivity index is 1.98. The van der Waals surface area contributed by atoms with Crippen LogP contribution in [0.4, 0.5) is 0 Å². The van der Waals surface area contributed by atoms with Crippen molar-refractivity contribution in [1.29, 1.82) is 0 Å². The van der Waals surface area contributed by atoms with Gasteiger partial charge in [-0.15, -0.1) is 0 Å². The molecule has 0 aliphatic carbocycles. The van der Waals surface area contributed by atoms with Crippen LogP contribution in [0, 0.1) is 0 Å². The van der Waals surface area contributed by atoms with Crippen molar-refractivity contribution >= 4 is 5.96 Å². The molecule has 6 heteroatoms. The molecule has 158 valence electrons. The van der Waals surface area contributed by atoms with Gasteiger partial charge in [-0.05, 0) is 43.5 Å². The van der Waals surface area contributed by atoms with E-state index in [2.05, 4.69) is 15.6 Å². The fourth-order valence-corrected chi connectivity index (χ4v) is 2.76. The molecule has 0 aliphatic heterocycles. The van der Waals surface area contributed by atoms with Crippen LogP contribution in [0.5, 0.6) is 5.75 Å². The number of nitrogens with one attached hydrogen (secondary N) is 2. The van der Waals surface area contributed by atoms with E-state index in [1.54, 1.807) is 14.0 Å². The van der Waals surface area contributed by atoms with E-state index in [9.17, 15) is 5.11 Å². The maximum Gasteiger partial charge on any atom is 0.191 e. The molecule has 0 amide bonds. The summed E-state index contributed by atoms with van der Waals surface area (Å²) in [6, 6.07) is 17.5. The van der Waals surface area contributed by atoms with Crippen LogP contribution in [-0.4, -0.2) is 44.5 Å². The maximum absolute atomic E-state index is 10.8. The molecule has 6 nitrogen and oxygen atoms in total. The van der Waals surface area contributed by atoms with E-state index in [1.165, 1.54) is 0 Å².